The normalized spacial score (nSPS) is 10.2. The van der Waals surface area contributed by atoms with Crippen LogP contribution in [0.15, 0.2) is 16.5 Å². The number of furan rings is 1. The average Bonchev–Trinajstić information content (AvgIpc) is 2.85. The van der Waals surface area contributed by atoms with Crippen LogP contribution >= 0.6 is 11.8 Å². The van der Waals surface area contributed by atoms with Gasteiger partial charge in [0.2, 0.25) is 5.76 Å². The van der Waals surface area contributed by atoms with Crippen molar-refractivity contribution in [2.75, 3.05) is 18.1 Å². The molecule has 7 heteroatoms. The predicted molar refractivity (Wildman–Crippen MR) is 73.5 cm³/mol. The zero-order valence-corrected chi connectivity index (χ0v) is 11.6. The van der Waals surface area contributed by atoms with Gasteiger partial charge >= 0.3 is 12.0 Å². The van der Waals surface area contributed by atoms with Crippen LogP contribution in [0.1, 0.15) is 29.7 Å². The maximum atomic E-state index is 11.4. The molecule has 0 saturated heterocycles. The maximum Gasteiger partial charge on any atom is 0.371 e. The van der Waals surface area contributed by atoms with Crippen LogP contribution in [0.25, 0.3) is 0 Å². The zero-order chi connectivity index (χ0) is 14.1. The summed E-state index contributed by atoms with van der Waals surface area (Å²) >= 11 is 1.83. The molecule has 0 aliphatic rings. The molecule has 0 bridgehead atoms. The van der Waals surface area contributed by atoms with E-state index in [0.29, 0.717) is 12.3 Å². The van der Waals surface area contributed by atoms with E-state index in [1.54, 1.807) is 0 Å². The molecule has 0 saturated carbocycles. The summed E-state index contributed by atoms with van der Waals surface area (Å²) in [5.74, 6) is 1.26. The van der Waals surface area contributed by atoms with Crippen LogP contribution in [0.4, 0.5) is 4.79 Å². The minimum atomic E-state index is -1.12. The number of rotatable bonds is 8. The van der Waals surface area contributed by atoms with Crippen LogP contribution in [0.2, 0.25) is 0 Å². The van der Waals surface area contributed by atoms with Crippen molar-refractivity contribution in [3.05, 3.63) is 23.7 Å². The number of amides is 2. The standard InChI is InChI=1S/C12H18N2O4S/c1-2-19-7-3-6-13-12(17)14-8-9-4-5-10(18-9)11(15)16/h4-5H,2-3,6-8H2,1H3,(H,15,16)(H2,13,14,17). The van der Waals surface area contributed by atoms with Crippen LogP contribution in [0.5, 0.6) is 0 Å². The summed E-state index contributed by atoms with van der Waals surface area (Å²) in [6, 6.07) is 2.61. The first-order valence-electron chi connectivity index (χ1n) is 6.05. The number of carboxylic acid groups (broad SMARTS) is 1. The molecule has 1 rings (SSSR count). The molecule has 0 atom stereocenters. The van der Waals surface area contributed by atoms with E-state index in [9.17, 15) is 9.59 Å². The van der Waals surface area contributed by atoms with Crippen molar-refractivity contribution < 1.29 is 19.1 Å². The van der Waals surface area contributed by atoms with Crippen LogP contribution in [0.3, 0.4) is 0 Å². The smallest absolute Gasteiger partial charge is 0.371 e. The zero-order valence-electron chi connectivity index (χ0n) is 10.8. The lowest BCUT2D eigenvalue weighted by atomic mass is 10.4. The Kier molecular flexibility index (Phi) is 6.88. The summed E-state index contributed by atoms with van der Waals surface area (Å²) < 4.78 is 5.01. The predicted octanol–water partition coefficient (Wildman–Crippen LogP) is 1.92. The molecule has 0 radical (unpaired) electrons. The number of urea groups is 1. The van der Waals surface area contributed by atoms with Gasteiger partial charge in [0.05, 0.1) is 6.54 Å². The quantitative estimate of drug-likeness (QED) is 0.635. The summed E-state index contributed by atoms with van der Waals surface area (Å²) in [5, 5.41) is 14.0. The van der Waals surface area contributed by atoms with Gasteiger partial charge in [-0.05, 0) is 30.1 Å². The molecule has 3 N–H and O–H groups in total. The number of carbonyl (C=O) groups is 2. The molecule has 1 heterocycles. The maximum absolute atomic E-state index is 11.4. The van der Waals surface area contributed by atoms with Gasteiger partial charge in [0.25, 0.3) is 0 Å². The van der Waals surface area contributed by atoms with Gasteiger partial charge in [-0.25, -0.2) is 9.59 Å². The molecule has 0 spiro atoms. The second kappa shape index (κ2) is 8.47. The molecule has 1 aromatic rings. The van der Waals surface area contributed by atoms with Gasteiger partial charge in [0.15, 0.2) is 0 Å². The molecule has 19 heavy (non-hydrogen) atoms. The summed E-state index contributed by atoms with van der Waals surface area (Å²) in [6.45, 7) is 2.89. The molecule has 0 unspecified atom stereocenters. The molecule has 0 fully saturated rings. The SMILES string of the molecule is CCSCCCNC(=O)NCc1ccc(C(=O)O)o1. The van der Waals surface area contributed by atoms with E-state index in [0.717, 1.165) is 17.9 Å². The first kappa shape index (κ1) is 15.4. The molecule has 0 aliphatic heterocycles. The minimum absolute atomic E-state index is 0.131. The average molecular weight is 286 g/mol. The third-order valence-corrected chi connectivity index (χ3v) is 3.24. The lowest BCUT2D eigenvalue weighted by Crippen LogP contribution is -2.35. The fraction of sp³-hybridized carbons (Fsp3) is 0.500. The Morgan fingerprint density at radius 3 is 2.79 bits per heavy atom. The molecule has 0 aliphatic carbocycles. The van der Waals surface area contributed by atoms with Crippen molar-refractivity contribution in [1.29, 1.82) is 0 Å². The molecule has 2 amide bonds. The number of nitrogens with one attached hydrogen (secondary N) is 2. The molecule has 1 aromatic heterocycles. The number of hydrogen-bond acceptors (Lipinski definition) is 4. The van der Waals surface area contributed by atoms with E-state index in [4.69, 9.17) is 9.52 Å². The molecule has 0 aromatic carbocycles. The first-order valence-corrected chi connectivity index (χ1v) is 7.20. The minimum Gasteiger partial charge on any atom is -0.475 e. The van der Waals surface area contributed by atoms with Crippen molar-refractivity contribution in [3.8, 4) is 0 Å². The highest BCUT2D eigenvalue weighted by Crippen LogP contribution is 2.07. The van der Waals surface area contributed by atoms with Crippen LogP contribution in [-0.4, -0.2) is 35.2 Å². The van der Waals surface area contributed by atoms with Crippen molar-refractivity contribution in [2.24, 2.45) is 0 Å². The summed E-state index contributed by atoms with van der Waals surface area (Å²) in [7, 11) is 0. The summed E-state index contributed by atoms with van der Waals surface area (Å²) in [6.07, 6.45) is 0.926. The molecular weight excluding hydrogens is 268 g/mol. The summed E-state index contributed by atoms with van der Waals surface area (Å²) in [5.41, 5.74) is 0. The van der Waals surface area contributed by atoms with Gasteiger partial charge in [-0.2, -0.15) is 11.8 Å². The third kappa shape index (κ3) is 6.19. The largest absolute Gasteiger partial charge is 0.475 e. The van der Waals surface area contributed by atoms with E-state index < -0.39 is 5.97 Å². The van der Waals surface area contributed by atoms with Gasteiger partial charge < -0.3 is 20.2 Å². The lowest BCUT2D eigenvalue weighted by molar-refractivity contribution is 0.0660. The number of aromatic carboxylic acids is 1. The van der Waals surface area contributed by atoms with E-state index >= 15 is 0 Å². The second-order valence-electron chi connectivity index (χ2n) is 3.73. The molecule has 6 nitrogen and oxygen atoms in total. The fourth-order valence-corrected chi connectivity index (χ4v) is 1.98. The Morgan fingerprint density at radius 2 is 2.16 bits per heavy atom. The van der Waals surface area contributed by atoms with Gasteiger partial charge in [-0.3, -0.25) is 0 Å². The highest BCUT2D eigenvalue weighted by Gasteiger charge is 2.09. The fourth-order valence-electron chi connectivity index (χ4n) is 1.34. The summed E-state index contributed by atoms with van der Waals surface area (Å²) in [4.78, 5) is 22.0. The highest BCUT2D eigenvalue weighted by atomic mass is 32.2. The Hall–Kier alpha value is -1.63. The topological polar surface area (TPSA) is 91.6 Å². The molecular formula is C12H18N2O4S. The van der Waals surface area contributed by atoms with Crippen LogP contribution < -0.4 is 10.6 Å². The van der Waals surface area contributed by atoms with Gasteiger partial charge in [0, 0.05) is 6.54 Å². The van der Waals surface area contributed by atoms with Gasteiger partial charge in [-0.15, -0.1) is 0 Å². The number of thioether (sulfide) groups is 1. The van der Waals surface area contributed by atoms with E-state index in [1.165, 1.54) is 12.1 Å². The molecule has 106 valence electrons. The van der Waals surface area contributed by atoms with Crippen molar-refractivity contribution in [3.63, 3.8) is 0 Å². The Labute approximate surface area is 115 Å². The van der Waals surface area contributed by atoms with Crippen LogP contribution in [-0.2, 0) is 6.54 Å². The van der Waals surface area contributed by atoms with Crippen molar-refractivity contribution >= 4 is 23.8 Å². The van der Waals surface area contributed by atoms with Crippen LogP contribution in [0, 0.1) is 0 Å². The highest BCUT2D eigenvalue weighted by molar-refractivity contribution is 7.99. The third-order valence-electron chi connectivity index (χ3n) is 2.25. The second-order valence-corrected chi connectivity index (χ2v) is 5.12. The lowest BCUT2D eigenvalue weighted by Gasteiger charge is -2.05. The van der Waals surface area contributed by atoms with Gasteiger partial charge in [-0.1, -0.05) is 6.92 Å². The Bertz CT molecular complexity index is 420. The number of hydrogen-bond donors (Lipinski definition) is 3. The van der Waals surface area contributed by atoms with E-state index in [2.05, 4.69) is 17.6 Å². The van der Waals surface area contributed by atoms with Gasteiger partial charge in [0.1, 0.15) is 5.76 Å². The number of carboxylic acids is 1. The van der Waals surface area contributed by atoms with E-state index in [1.807, 2.05) is 11.8 Å². The Balaban J connectivity index is 2.17. The van der Waals surface area contributed by atoms with Crippen molar-refractivity contribution in [2.45, 2.75) is 19.9 Å². The van der Waals surface area contributed by atoms with E-state index in [-0.39, 0.29) is 18.3 Å². The monoisotopic (exact) mass is 286 g/mol. The number of carbonyl (C=O) groups excluding carboxylic acids is 1. The Morgan fingerprint density at radius 1 is 1.37 bits per heavy atom. The first-order chi connectivity index (χ1) is 9.13. The van der Waals surface area contributed by atoms with Crippen molar-refractivity contribution in [1.82, 2.24) is 10.6 Å².